The summed E-state index contributed by atoms with van der Waals surface area (Å²) >= 11 is 0. The number of hydrogen-bond donors (Lipinski definition) is 1. The standard InChI is InChI=1S/C22H23N3O/c1-22(2)13-19(24-21(26)16-9-5-3-6-10-16)18-15-23-25(20(18)14-22)17-11-7-4-8-12-17/h3-12,15,19H,13-14H2,1-2H3,(H,24,26). The lowest BCUT2D eigenvalue weighted by atomic mass is 9.74. The van der Waals surface area contributed by atoms with Gasteiger partial charge in [-0.1, -0.05) is 50.2 Å². The Labute approximate surface area is 153 Å². The minimum Gasteiger partial charge on any atom is -0.345 e. The van der Waals surface area contributed by atoms with Crippen LogP contribution in [0.1, 0.15) is 47.9 Å². The van der Waals surface area contributed by atoms with E-state index < -0.39 is 0 Å². The number of aromatic nitrogens is 2. The lowest BCUT2D eigenvalue weighted by Crippen LogP contribution is -2.36. The molecule has 26 heavy (non-hydrogen) atoms. The Morgan fingerprint density at radius 2 is 1.73 bits per heavy atom. The maximum atomic E-state index is 12.7. The van der Waals surface area contributed by atoms with Gasteiger partial charge in [-0.2, -0.15) is 5.10 Å². The number of hydrogen-bond acceptors (Lipinski definition) is 2. The number of amides is 1. The molecule has 3 aromatic rings. The predicted octanol–water partition coefficient (Wildman–Crippen LogP) is 4.32. The monoisotopic (exact) mass is 345 g/mol. The lowest BCUT2D eigenvalue weighted by Gasteiger charge is -2.36. The van der Waals surface area contributed by atoms with E-state index in [1.165, 1.54) is 5.69 Å². The molecule has 0 saturated heterocycles. The average molecular weight is 345 g/mol. The summed E-state index contributed by atoms with van der Waals surface area (Å²) in [6.07, 6.45) is 3.75. The largest absolute Gasteiger partial charge is 0.345 e. The normalized spacial score (nSPS) is 18.2. The van der Waals surface area contributed by atoms with Crippen LogP contribution < -0.4 is 5.32 Å². The first-order valence-corrected chi connectivity index (χ1v) is 9.02. The van der Waals surface area contributed by atoms with E-state index in [1.807, 2.05) is 59.4 Å². The van der Waals surface area contributed by atoms with Crippen molar-refractivity contribution in [2.24, 2.45) is 5.41 Å². The van der Waals surface area contributed by atoms with Crippen molar-refractivity contribution in [1.29, 1.82) is 0 Å². The van der Waals surface area contributed by atoms with Crippen molar-refractivity contribution in [2.45, 2.75) is 32.7 Å². The molecular weight excluding hydrogens is 322 g/mol. The Bertz CT molecular complexity index is 913. The van der Waals surface area contributed by atoms with E-state index in [2.05, 4.69) is 36.4 Å². The van der Waals surface area contributed by atoms with Crippen LogP contribution in [-0.4, -0.2) is 15.7 Å². The molecule has 4 nitrogen and oxygen atoms in total. The van der Waals surface area contributed by atoms with E-state index in [1.54, 1.807) is 0 Å². The number of benzene rings is 2. The average Bonchev–Trinajstić information content (AvgIpc) is 3.05. The molecule has 0 fully saturated rings. The Kier molecular flexibility index (Phi) is 4.11. The second kappa shape index (κ2) is 6.45. The first kappa shape index (κ1) is 16.6. The fourth-order valence-corrected chi connectivity index (χ4v) is 3.79. The summed E-state index contributed by atoms with van der Waals surface area (Å²) in [5.41, 5.74) is 4.14. The smallest absolute Gasteiger partial charge is 0.251 e. The van der Waals surface area contributed by atoms with E-state index in [0.29, 0.717) is 5.56 Å². The molecule has 0 aliphatic heterocycles. The molecule has 1 atom stereocenters. The molecular formula is C22H23N3O. The SMILES string of the molecule is CC1(C)Cc2c(cnn2-c2ccccc2)C(NC(=O)c2ccccc2)C1. The van der Waals surface area contributed by atoms with Gasteiger partial charge in [-0.25, -0.2) is 4.68 Å². The van der Waals surface area contributed by atoms with Crippen molar-refractivity contribution in [3.8, 4) is 5.69 Å². The molecule has 4 rings (SSSR count). The van der Waals surface area contributed by atoms with Crippen molar-refractivity contribution < 1.29 is 4.79 Å². The fourth-order valence-electron chi connectivity index (χ4n) is 3.79. The molecule has 1 heterocycles. The molecule has 2 aromatic carbocycles. The van der Waals surface area contributed by atoms with Crippen molar-refractivity contribution in [2.75, 3.05) is 0 Å². The van der Waals surface area contributed by atoms with Crippen molar-refractivity contribution >= 4 is 5.91 Å². The maximum absolute atomic E-state index is 12.7. The van der Waals surface area contributed by atoms with E-state index in [-0.39, 0.29) is 17.4 Å². The van der Waals surface area contributed by atoms with Gasteiger partial charge in [0.25, 0.3) is 5.91 Å². The number of carbonyl (C=O) groups is 1. The van der Waals surface area contributed by atoms with Crippen LogP contribution in [0.2, 0.25) is 0 Å². The van der Waals surface area contributed by atoms with E-state index in [0.717, 1.165) is 24.1 Å². The molecule has 0 radical (unpaired) electrons. The highest BCUT2D eigenvalue weighted by Crippen LogP contribution is 2.41. The molecule has 1 aromatic heterocycles. The Hall–Kier alpha value is -2.88. The van der Waals surface area contributed by atoms with E-state index in [9.17, 15) is 4.79 Å². The van der Waals surface area contributed by atoms with Crippen LogP contribution in [-0.2, 0) is 6.42 Å². The van der Waals surface area contributed by atoms with Crippen LogP contribution in [0.3, 0.4) is 0 Å². The molecule has 4 heteroatoms. The summed E-state index contributed by atoms with van der Waals surface area (Å²) < 4.78 is 2.01. The third kappa shape index (κ3) is 3.15. The van der Waals surface area contributed by atoms with Gasteiger partial charge in [-0.05, 0) is 42.5 Å². The van der Waals surface area contributed by atoms with Crippen molar-refractivity contribution in [3.63, 3.8) is 0 Å². The second-order valence-electron chi connectivity index (χ2n) is 7.73. The molecule has 0 spiro atoms. The molecule has 0 bridgehead atoms. The molecule has 1 unspecified atom stereocenters. The van der Waals surface area contributed by atoms with Crippen LogP contribution in [0.4, 0.5) is 0 Å². The van der Waals surface area contributed by atoms with Gasteiger partial charge in [0.05, 0.1) is 23.6 Å². The summed E-state index contributed by atoms with van der Waals surface area (Å²) in [7, 11) is 0. The summed E-state index contributed by atoms with van der Waals surface area (Å²) in [6, 6.07) is 19.5. The fraction of sp³-hybridized carbons (Fsp3) is 0.273. The van der Waals surface area contributed by atoms with Gasteiger partial charge in [0, 0.05) is 11.1 Å². The van der Waals surface area contributed by atoms with Crippen molar-refractivity contribution in [1.82, 2.24) is 15.1 Å². The van der Waals surface area contributed by atoms with Crippen LogP contribution in [0.5, 0.6) is 0 Å². The summed E-state index contributed by atoms with van der Waals surface area (Å²) in [5.74, 6) is -0.0355. The predicted molar refractivity (Wildman–Crippen MR) is 102 cm³/mol. The third-order valence-electron chi connectivity index (χ3n) is 5.02. The molecule has 1 aliphatic rings. The summed E-state index contributed by atoms with van der Waals surface area (Å²) in [6.45, 7) is 4.50. The highest BCUT2D eigenvalue weighted by atomic mass is 16.1. The van der Waals surface area contributed by atoms with Crippen LogP contribution in [0.15, 0.2) is 66.9 Å². The minimum absolute atomic E-state index is 0.0288. The molecule has 1 aliphatic carbocycles. The first-order valence-electron chi connectivity index (χ1n) is 9.02. The maximum Gasteiger partial charge on any atom is 0.251 e. The van der Waals surface area contributed by atoms with Gasteiger partial charge in [-0.3, -0.25) is 4.79 Å². The second-order valence-corrected chi connectivity index (χ2v) is 7.73. The highest BCUT2D eigenvalue weighted by Gasteiger charge is 2.36. The van der Waals surface area contributed by atoms with Gasteiger partial charge < -0.3 is 5.32 Å². The van der Waals surface area contributed by atoms with Gasteiger partial charge in [-0.15, -0.1) is 0 Å². The minimum atomic E-state index is -0.0355. The quantitative estimate of drug-likeness (QED) is 0.768. The number of para-hydroxylation sites is 1. The number of nitrogens with one attached hydrogen (secondary N) is 1. The number of nitrogens with zero attached hydrogens (tertiary/aromatic N) is 2. The molecule has 0 saturated carbocycles. The molecule has 1 N–H and O–H groups in total. The number of rotatable bonds is 3. The van der Waals surface area contributed by atoms with Crippen LogP contribution in [0.25, 0.3) is 5.69 Å². The third-order valence-corrected chi connectivity index (χ3v) is 5.02. The van der Waals surface area contributed by atoms with Gasteiger partial charge in [0.2, 0.25) is 0 Å². The van der Waals surface area contributed by atoms with Gasteiger partial charge in [0.15, 0.2) is 0 Å². The zero-order chi connectivity index (χ0) is 18.1. The van der Waals surface area contributed by atoms with Gasteiger partial charge in [0.1, 0.15) is 0 Å². The number of carbonyl (C=O) groups excluding carboxylic acids is 1. The lowest BCUT2D eigenvalue weighted by molar-refractivity contribution is 0.0919. The zero-order valence-electron chi connectivity index (χ0n) is 15.1. The Morgan fingerprint density at radius 1 is 1.08 bits per heavy atom. The van der Waals surface area contributed by atoms with Crippen LogP contribution in [0, 0.1) is 5.41 Å². The Morgan fingerprint density at radius 3 is 2.42 bits per heavy atom. The summed E-state index contributed by atoms with van der Waals surface area (Å²) in [4.78, 5) is 12.7. The first-order chi connectivity index (χ1) is 12.5. The summed E-state index contributed by atoms with van der Waals surface area (Å²) in [5, 5.41) is 7.85. The molecule has 132 valence electrons. The van der Waals surface area contributed by atoms with Gasteiger partial charge >= 0.3 is 0 Å². The Balaban J connectivity index is 1.68. The molecule has 1 amide bonds. The van der Waals surface area contributed by atoms with E-state index >= 15 is 0 Å². The van der Waals surface area contributed by atoms with Crippen molar-refractivity contribution in [3.05, 3.63) is 83.7 Å². The number of fused-ring (bicyclic) bond motifs is 1. The highest BCUT2D eigenvalue weighted by molar-refractivity contribution is 5.94. The topological polar surface area (TPSA) is 46.9 Å². The zero-order valence-corrected chi connectivity index (χ0v) is 15.1. The van der Waals surface area contributed by atoms with E-state index in [4.69, 9.17) is 0 Å². The van der Waals surface area contributed by atoms with Crippen LogP contribution >= 0.6 is 0 Å².